The molecule has 0 bridgehead atoms. The summed E-state index contributed by atoms with van der Waals surface area (Å²) in [6, 6.07) is -0.116. The molecule has 1 atom stereocenters. The van der Waals surface area contributed by atoms with E-state index in [1.807, 2.05) is 12.3 Å². The molecule has 2 aromatic rings. The molecule has 0 aliphatic rings. The fourth-order valence-corrected chi connectivity index (χ4v) is 2.56. The van der Waals surface area contributed by atoms with Gasteiger partial charge >= 0.3 is 5.69 Å². The molecule has 0 aliphatic carbocycles. The maximum Gasteiger partial charge on any atom is 0.329 e. The molecule has 0 radical (unpaired) electrons. The highest BCUT2D eigenvalue weighted by Gasteiger charge is 2.17. The maximum absolute atomic E-state index is 10.7. The fourth-order valence-electron chi connectivity index (χ4n) is 1.63. The number of nitrogens with zero attached hydrogens (tertiary/aromatic N) is 4. The first-order chi connectivity index (χ1) is 9.88. The van der Waals surface area contributed by atoms with Gasteiger partial charge in [0.05, 0.1) is 21.7 Å². The predicted molar refractivity (Wildman–Crippen MR) is 81.3 cm³/mol. The molecule has 0 spiro atoms. The third-order valence-corrected chi connectivity index (χ3v) is 3.98. The molecule has 9 heteroatoms. The quantitative estimate of drug-likeness (QED) is 0.643. The summed E-state index contributed by atoms with van der Waals surface area (Å²) in [6.07, 6.45) is 1.10. The van der Waals surface area contributed by atoms with E-state index < -0.39 is 4.92 Å². The van der Waals surface area contributed by atoms with E-state index >= 15 is 0 Å². The highest BCUT2D eigenvalue weighted by atomic mass is 32.1. The Balaban J connectivity index is 2.13. The van der Waals surface area contributed by atoms with Gasteiger partial charge in [0.15, 0.2) is 0 Å². The summed E-state index contributed by atoms with van der Waals surface area (Å²) in [7, 11) is 0. The Labute approximate surface area is 125 Å². The number of nitro groups is 1. The Morgan fingerprint density at radius 1 is 1.38 bits per heavy atom. The predicted octanol–water partition coefficient (Wildman–Crippen LogP) is 2.72. The molecule has 0 amide bonds. The highest BCUT2D eigenvalue weighted by Crippen LogP contribution is 2.25. The van der Waals surface area contributed by atoms with E-state index in [1.165, 1.54) is 0 Å². The molecule has 0 saturated heterocycles. The first-order valence-electron chi connectivity index (χ1n) is 6.37. The smallest absolute Gasteiger partial charge is 0.329 e. The Hall–Kier alpha value is -2.29. The number of rotatable bonds is 5. The Morgan fingerprint density at radius 2 is 2.10 bits per heavy atom. The lowest BCUT2D eigenvalue weighted by Gasteiger charge is -2.11. The van der Waals surface area contributed by atoms with Crippen LogP contribution in [0.2, 0.25) is 0 Å². The standard InChI is InChI=1S/C12H16N6O2S/c1-6(2)11-16-8(5-21-11)7(3)15-12-14-4-9(18(19)20)10(13)17-12/h4-7H,1-3H3,(H3,13,14,15,17)/t7-/m1/s1. The van der Waals surface area contributed by atoms with E-state index in [4.69, 9.17) is 5.73 Å². The van der Waals surface area contributed by atoms with Crippen LogP contribution in [-0.2, 0) is 0 Å². The van der Waals surface area contributed by atoms with Crippen LogP contribution in [0, 0.1) is 10.1 Å². The molecule has 2 rings (SSSR count). The van der Waals surface area contributed by atoms with Crippen molar-refractivity contribution in [1.29, 1.82) is 0 Å². The number of hydrogen-bond donors (Lipinski definition) is 2. The molecular formula is C12H16N6O2S. The monoisotopic (exact) mass is 308 g/mol. The molecule has 112 valence electrons. The van der Waals surface area contributed by atoms with E-state index in [1.54, 1.807) is 11.3 Å². The van der Waals surface area contributed by atoms with Gasteiger partial charge in [-0.05, 0) is 6.92 Å². The Kier molecular flexibility index (Phi) is 4.32. The highest BCUT2D eigenvalue weighted by molar-refractivity contribution is 7.09. The lowest BCUT2D eigenvalue weighted by Crippen LogP contribution is -2.11. The van der Waals surface area contributed by atoms with E-state index in [0.717, 1.165) is 16.9 Å². The zero-order chi connectivity index (χ0) is 15.6. The third-order valence-electron chi connectivity index (χ3n) is 2.82. The number of nitrogens with one attached hydrogen (secondary N) is 1. The number of anilines is 2. The van der Waals surface area contributed by atoms with Crippen molar-refractivity contribution in [3.63, 3.8) is 0 Å². The number of nitrogen functional groups attached to an aromatic ring is 1. The van der Waals surface area contributed by atoms with Crippen LogP contribution in [0.3, 0.4) is 0 Å². The minimum Gasteiger partial charge on any atom is -0.378 e. The summed E-state index contributed by atoms with van der Waals surface area (Å²) in [6.45, 7) is 6.09. The minimum atomic E-state index is -0.613. The number of nitrogens with two attached hydrogens (primary N) is 1. The van der Waals surface area contributed by atoms with Crippen LogP contribution >= 0.6 is 11.3 Å². The SMILES string of the molecule is CC(C)c1nc([C@@H](C)Nc2ncc([N+](=O)[O-])c(N)n2)cs1. The molecule has 2 aromatic heterocycles. The van der Waals surface area contributed by atoms with Gasteiger partial charge in [0, 0.05) is 11.3 Å². The van der Waals surface area contributed by atoms with Gasteiger partial charge in [0.1, 0.15) is 6.20 Å². The molecule has 3 N–H and O–H groups in total. The van der Waals surface area contributed by atoms with E-state index in [-0.39, 0.29) is 23.5 Å². The van der Waals surface area contributed by atoms with Crippen molar-refractivity contribution >= 4 is 28.8 Å². The van der Waals surface area contributed by atoms with Gasteiger partial charge in [-0.15, -0.1) is 11.3 Å². The van der Waals surface area contributed by atoms with Crippen molar-refractivity contribution < 1.29 is 4.92 Å². The molecular weight excluding hydrogens is 292 g/mol. The first kappa shape index (κ1) is 15.1. The number of thiazole rings is 1. The molecule has 0 fully saturated rings. The van der Waals surface area contributed by atoms with Crippen LogP contribution < -0.4 is 11.1 Å². The van der Waals surface area contributed by atoms with Gasteiger partial charge in [-0.1, -0.05) is 13.8 Å². The Bertz CT molecular complexity index is 657. The molecule has 8 nitrogen and oxygen atoms in total. The lowest BCUT2D eigenvalue weighted by molar-refractivity contribution is -0.384. The van der Waals surface area contributed by atoms with Gasteiger partial charge < -0.3 is 11.1 Å². The largest absolute Gasteiger partial charge is 0.378 e. The average Bonchev–Trinajstić information content (AvgIpc) is 2.88. The van der Waals surface area contributed by atoms with Crippen LogP contribution in [0.4, 0.5) is 17.5 Å². The van der Waals surface area contributed by atoms with Gasteiger partial charge in [-0.3, -0.25) is 10.1 Å². The summed E-state index contributed by atoms with van der Waals surface area (Å²) in [5.74, 6) is 0.456. The first-order valence-corrected chi connectivity index (χ1v) is 7.25. The van der Waals surface area contributed by atoms with Crippen LogP contribution in [-0.4, -0.2) is 19.9 Å². The van der Waals surface area contributed by atoms with Crippen molar-refractivity contribution in [3.05, 3.63) is 32.4 Å². The van der Waals surface area contributed by atoms with E-state index in [9.17, 15) is 10.1 Å². The van der Waals surface area contributed by atoms with Crippen molar-refractivity contribution in [3.8, 4) is 0 Å². The Morgan fingerprint density at radius 3 is 2.62 bits per heavy atom. The summed E-state index contributed by atoms with van der Waals surface area (Å²) in [5, 5.41) is 16.7. The third kappa shape index (κ3) is 3.43. The fraction of sp³-hybridized carbons (Fsp3) is 0.417. The summed E-state index contributed by atoms with van der Waals surface area (Å²) in [5.41, 5.74) is 6.11. The van der Waals surface area contributed by atoms with Crippen molar-refractivity contribution in [2.24, 2.45) is 0 Å². The summed E-state index contributed by atoms with van der Waals surface area (Å²) in [4.78, 5) is 22.4. The van der Waals surface area contributed by atoms with Crippen molar-refractivity contribution in [2.45, 2.75) is 32.7 Å². The summed E-state index contributed by atoms with van der Waals surface area (Å²) >= 11 is 1.60. The molecule has 0 saturated carbocycles. The van der Waals surface area contributed by atoms with Crippen molar-refractivity contribution in [2.75, 3.05) is 11.1 Å². The maximum atomic E-state index is 10.7. The summed E-state index contributed by atoms with van der Waals surface area (Å²) < 4.78 is 0. The second kappa shape index (κ2) is 6.00. The van der Waals surface area contributed by atoms with Crippen molar-refractivity contribution in [1.82, 2.24) is 15.0 Å². The van der Waals surface area contributed by atoms with Crippen LogP contribution in [0.15, 0.2) is 11.6 Å². The minimum absolute atomic E-state index is 0.116. The zero-order valence-electron chi connectivity index (χ0n) is 11.9. The van der Waals surface area contributed by atoms with Crippen LogP contribution in [0.25, 0.3) is 0 Å². The topological polar surface area (TPSA) is 120 Å². The normalized spacial score (nSPS) is 12.4. The van der Waals surface area contributed by atoms with Crippen LogP contribution in [0.5, 0.6) is 0 Å². The second-order valence-corrected chi connectivity index (χ2v) is 5.74. The molecule has 0 unspecified atom stereocenters. The van der Waals surface area contributed by atoms with Gasteiger partial charge in [0.25, 0.3) is 0 Å². The van der Waals surface area contributed by atoms with Crippen LogP contribution in [0.1, 0.15) is 43.4 Å². The lowest BCUT2D eigenvalue weighted by atomic mass is 10.2. The molecule has 0 aliphatic heterocycles. The van der Waals surface area contributed by atoms with Gasteiger partial charge in [-0.2, -0.15) is 4.98 Å². The number of aromatic nitrogens is 3. The van der Waals surface area contributed by atoms with E-state index in [0.29, 0.717) is 5.92 Å². The molecule has 0 aromatic carbocycles. The van der Waals surface area contributed by atoms with E-state index in [2.05, 4.69) is 34.1 Å². The second-order valence-electron chi connectivity index (χ2n) is 4.85. The zero-order valence-corrected chi connectivity index (χ0v) is 12.7. The van der Waals surface area contributed by atoms with Gasteiger partial charge in [0.2, 0.25) is 11.8 Å². The van der Waals surface area contributed by atoms with Gasteiger partial charge in [-0.25, -0.2) is 9.97 Å². The molecule has 21 heavy (non-hydrogen) atoms. The average molecular weight is 308 g/mol. The number of hydrogen-bond acceptors (Lipinski definition) is 8. The molecule has 2 heterocycles.